The molecule has 2 saturated heterocycles. The van der Waals surface area contributed by atoms with Crippen molar-refractivity contribution in [3.05, 3.63) is 95.6 Å². The molecule has 5 rings (SSSR count). The lowest BCUT2D eigenvalue weighted by Crippen LogP contribution is -2.57. The number of carbonyl (C=O) groups is 2. The number of nitrogens with zero attached hydrogens (tertiary/aromatic N) is 2. The van der Waals surface area contributed by atoms with Crippen molar-refractivity contribution < 1.29 is 37.3 Å². The molecule has 2 heterocycles. The van der Waals surface area contributed by atoms with E-state index in [1.165, 1.54) is 0 Å². The predicted octanol–water partition coefficient (Wildman–Crippen LogP) is 7.90. The van der Waals surface area contributed by atoms with E-state index in [-0.39, 0.29) is 37.1 Å². The molecule has 11 nitrogen and oxygen atoms in total. The fourth-order valence-electron chi connectivity index (χ4n) is 6.89. The summed E-state index contributed by atoms with van der Waals surface area (Å²) < 4.78 is 41.3. The molecule has 2 fully saturated rings. The predicted molar refractivity (Wildman–Crippen MR) is 209 cm³/mol. The second kappa shape index (κ2) is 17.4. The van der Waals surface area contributed by atoms with Gasteiger partial charge in [0.25, 0.3) is 0 Å². The second-order valence-electron chi connectivity index (χ2n) is 15.2. The van der Waals surface area contributed by atoms with Gasteiger partial charge in [-0.25, -0.2) is 9.46 Å². The number of imide groups is 1. The van der Waals surface area contributed by atoms with Crippen LogP contribution in [0.3, 0.4) is 0 Å². The first-order valence-electron chi connectivity index (χ1n) is 18.4. The minimum absolute atomic E-state index is 0.109. The van der Waals surface area contributed by atoms with E-state index in [1.54, 1.807) is 26.0 Å². The summed E-state index contributed by atoms with van der Waals surface area (Å²) in [6.45, 7) is 17.2. The highest BCUT2D eigenvalue weighted by molar-refractivity contribution is 7.46. The first-order chi connectivity index (χ1) is 25.2. The van der Waals surface area contributed by atoms with E-state index in [9.17, 15) is 9.59 Å². The number of carbonyl (C=O) groups excluding carboxylic acids is 2. The number of hydrogen-bond donors (Lipinski definition) is 1. The first-order valence-corrected chi connectivity index (χ1v) is 22.9. The van der Waals surface area contributed by atoms with E-state index in [4.69, 9.17) is 27.7 Å². The van der Waals surface area contributed by atoms with Crippen LogP contribution in [0.15, 0.2) is 78.9 Å². The minimum atomic E-state index is -2.08. The Kier molecular flexibility index (Phi) is 13.4. The molecule has 5 atom stereocenters. The van der Waals surface area contributed by atoms with Crippen LogP contribution in [-0.2, 0) is 28.6 Å². The van der Waals surface area contributed by atoms with E-state index in [0.29, 0.717) is 6.42 Å². The maximum absolute atomic E-state index is 13.2. The number of rotatable bonds is 16. The monoisotopic (exact) mass is 765 g/mol. The SMILES string of the molecule is COc1ccc(C(OC[C@H]2O[C@@H](N3CC(C)C(=O)NC3=O)C[C@@H]2OP(O[Si](C)(C)C)N(C(C)C)C(C)C)(c2ccccc2)c2ccc(OC)cc2)cc1. The van der Waals surface area contributed by atoms with Gasteiger partial charge in [-0.1, -0.05) is 61.5 Å². The molecule has 2 unspecified atom stereocenters. The number of amides is 3. The van der Waals surface area contributed by atoms with Gasteiger partial charge in [0.1, 0.15) is 29.4 Å². The lowest BCUT2D eigenvalue weighted by atomic mass is 9.80. The summed E-state index contributed by atoms with van der Waals surface area (Å²) in [6, 6.07) is 25.7. The summed E-state index contributed by atoms with van der Waals surface area (Å²) in [5, 5.41) is 2.50. The summed E-state index contributed by atoms with van der Waals surface area (Å²) in [5.41, 5.74) is 1.61. The van der Waals surface area contributed by atoms with Gasteiger partial charge in [0.2, 0.25) is 14.4 Å². The smallest absolute Gasteiger partial charge is 0.326 e. The lowest BCUT2D eigenvalue weighted by Gasteiger charge is -2.40. The number of benzene rings is 3. The minimum Gasteiger partial charge on any atom is -0.497 e. The summed E-state index contributed by atoms with van der Waals surface area (Å²) in [5.74, 6) is 0.778. The fraction of sp³-hybridized carbons (Fsp3) is 0.500. The molecule has 0 spiro atoms. The Hall–Kier alpha value is -3.35. The van der Waals surface area contributed by atoms with Gasteiger partial charge in [0, 0.05) is 25.0 Å². The van der Waals surface area contributed by atoms with Gasteiger partial charge in [-0.3, -0.25) is 15.0 Å². The third kappa shape index (κ3) is 9.48. The average Bonchev–Trinajstić information content (AvgIpc) is 3.51. The van der Waals surface area contributed by atoms with Gasteiger partial charge < -0.3 is 27.7 Å². The van der Waals surface area contributed by atoms with Crippen molar-refractivity contribution in [3.8, 4) is 11.5 Å². The van der Waals surface area contributed by atoms with E-state index in [0.717, 1.165) is 28.2 Å². The van der Waals surface area contributed by atoms with Gasteiger partial charge in [-0.15, -0.1) is 0 Å². The van der Waals surface area contributed by atoms with Crippen LogP contribution in [0, 0.1) is 5.92 Å². The summed E-state index contributed by atoms with van der Waals surface area (Å²) in [6.07, 6.45) is -1.36. The first kappa shape index (κ1) is 40.8. The molecule has 0 aliphatic carbocycles. The van der Waals surface area contributed by atoms with Crippen LogP contribution in [-0.4, -0.2) is 87.7 Å². The van der Waals surface area contributed by atoms with Crippen molar-refractivity contribution in [1.29, 1.82) is 0 Å². The molecule has 288 valence electrons. The largest absolute Gasteiger partial charge is 0.497 e. The van der Waals surface area contributed by atoms with Crippen LogP contribution in [0.4, 0.5) is 4.79 Å². The van der Waals surface area contributed by atoms with Gasteiger partial charge in [-0.05, 0) is 88.3 Å². The molecule has 53 heavy (non-hydrogen) atoms. The molecule has 1 N–H and O–H groups in total. The van der Waals surface area contributed by atoms with Crippen molar-refractivity contribution in [2.45, 2.75) is 96.8 Å². The van der Waals surface area contributed by atoms with Crippen molar-refractivity contribution in [2.75, 3.05) is 27.4 Å². The number of urea groups is 1. The molecule has 0 aromatic heterocycles. The Morgan fingerprint density at radius 3 is 1.89 bits per heavy atom. The highest BCUT2D eigenvalue weighted by Crippen LogP contribution is 2.52. The van der Waals surface area contributed by atoms with Crippen molar-refractivity contribution in [2.24, 2.45) is 5.92 Å². The molecular formula is C40H56N3O8PSi. The highest BCUT2D eigenvalue weighted by atomic mass is 31.2. The maximum atomic E-state index is 13.2. The molecule has 2 aliphatic rings. The second-order valence-corrected chi connectivity index (χ2v) is 21.3. The number of methoxy groups -OCH3 is 2. The Bertz CT molecular complexity index is 1600. The number of nitrogens with one attached hydrogen (secondary N) is 1. The Morgan fingerprint density at radius 1 is 0.868 bits per heavy atom. The topological polar surface area (TPSA) is 108 Å². The van der Waals surface area contributed by atoms with Crippen molar-refractivity contribution in [3.63, 3.8) is 0 Å². The van der Waals surface area contributed by atoms with Crippen LogP contribution in [0.2, 0.25) is 19.6 Å². The zero-order chi connectivity index (χ0) is 38.5. The van der Waals surface area contributed by atoms with E-state index < -0.39 is 46.9 Å². The fourth-order valence-corrected chi connectivity index (χ4v) is 10.6. The van der Waals surface area contributed by atoms with Crippen LogP contribution in [0.5, 0.6) is 11.5 Å². The molecule has 2 aliphatic heterocycles. The zero-order valence-electron chi connectivity index (χ0n) is 32.7. The Labute approximate surface area is 317 Å². The van der Waals surface area contributed by atoms with E-state index >= 15 is 0 Å². The molecule has 0 saturated carbocycles. The normalized spacial score (nSPS) is 21.7. The standard InChI is InChI=1S/C40H56N3O8PSi/c1-27(2)43(28(3)4)52(51-53(8,9)10)50-35-24-37(42-25-29(5)38(44)41-39(42)45)49-36(35)26-48-40(30-14-12-11-13-15-30,31-16-20-33(46-6)21-17-31)32-18-22-34(47-7)23-19-32/h11-23,27-29,35-37H,24-26H2,1-10H3,(H,41,44,45)/t29?,35-,36+,37+,52?/m0/s1. The molecule has 3 amide bonds. The quantitative estimate of drug-likeness (QED) is 0.0885. The Morgan fingerprint density at radius 2 is 1.40 bits per heavy atom. The van der Waals surface area contributed by atoms with Crippen LogP contribution in [0.25, 0.3) is 0 Å². The van der Waals surface area contributed by atoms with Crippen LogP contribution in [0.1, 0.15) is 57.7 Å². The molecule has 13 heteroatoms. The molecule has 3 aromatic carbocycles. The van der Waals surface area contributed by atoms with Crippen LogP contribution < -0.4 is 14.8 Å². The van der Waals surface area contributed by atoms with Gasteiger partial charge in [0.05, 0.1) is 32.8 Å². The van der Waals surface area contributed by atoms with Crippen molar-refractivity contribution in [1.82, 2.24) is 14.9 Å². The summed E-state index contributed by atoms with van der Waals surface area (Å²) in [7, 11) is -0.308. The van der Waals surface area contributed by atoms with Gasteiger partial charge in [0.15, 0.2) is 8.32 Å². The lowest BCUT2D eigenvalue weighted by molar-refractivity contribution is -0.130. The summed E-state index contributed by atoms with van der Waals surface area (Å²) >= 11 is 0. The molecule has 0 bridgehead atoms. The van der Waals surface area contributed by atoms with Gasteiger partial charge in [-0.2, -0.15) is 0 Å². The highest BCUT2D eigenvalue weighted by Gasteiger charge is 2.48. The average molecular weight is 766 g/mol. The number of hydrogen-bond acceptors (Lipinski definition) is 9. The maximum Gasteiger partial charge on any atom is 0.326 e. The van der Waals surface area contributed by atoms with Crippen LogP contribution >= 0.6 is 8.53 Å². The van der Waals surface area contributed by atoms with Gasteiger partial charge >= 0.3 is 6.03 Å². The van der Waals surface area contributed by atoms with Crippen molar-refractivity contribution >= 4 is 28.8 Å². The summed E-state index contributed by atoms with van der Waals surface area (Å²) in [4.78, 5) is 27.2. The third-order valence-electron chi connectivity index (χ3n) is 9.40. The molecule has 0 radical (unpaired) electrons. The number of ether oxygens (including phenoxy) is 4. The zero-order valence-corrected chi connectivity index (χ0v) is 34.6. The molecule has 3 aromatic rings. The van der Waals surface area contributed by atoms with E-state index in [1.807, 2.05) is 66.7 Å². The molecular weight excluding hydrogens is 710 g/mol. The third-order valence-corrected chi connectivity index (χ3v) is 14.0. The van der Waals surface area contributed by atoms with E-state index in [2.05, 4.69) is 69.5 Å². The Balaban J connectivity index is 1.58.